The Hall–Kier alpha value is -3.78. The van der Waals surface area contributed by atoms with Crippen molar-refractivity contribution in [2.75, 3.05) is 13.2 Å². The summed E-state index contributed by atoms with van der Waals surface area (Å²) in [6.45, 7) is -0.239. The zero-order valence-corrected chi connectivity index (χ0v) is 17.8. The van der Waals surface area contributed by atoms with Crippen molar-refractivity contribution in [3.63, 3.8) is 0 Å². The van der Waals surface area contributed by atoms with Gasteiger partial charge in [-0.25, -0.2) is 17.5 Å². The fourth-order valence-corrected chi connectivity index (χ4v) is 3.88. The van der Waals surface area contributed by atoms with Crippen LogP contribution in [0.3, 0.4) is 0 Å². The lowest BCUT2D eigenvalue weighted by molar-refractivity contribution is -0.274. The molecular formula is C20H15F4N5O4S. The summed E-state index contributed by atoms with van der Waals surface area (Å²) < 4.78 is 87.3. The molecule has 0 saturated heterocycles. The summed E-state index contributed by atoms with van der Waals surface area (Å²) in [6.07, 6.45) is -4.88. The fraction of sp³-hybridized carbons (Fsp3) is 0.150. The summed E-state index contributed by atoms with van der Waals surface area (Å²) in [5.41, 5.74) is 1.00. The first-order valence-electron chi connectivity index (χ1n) is 9.57. The SMILES string of the molecule is O=S(=O)(NCCOc1ccc2nnc(-c3ccc(F)cc3)n2n1)c1ccc(OC(F)(F)F)cc1. The first-order valence-corrected chi connectivity index (χ1v) is 11.1. The largest absolute Gasteiger partial charge is 0.573 e. The molecule has 0 aliphatic carbocycles. The number of hydrogen-bond donors (Lipinski definition) is 1. The van der Waals surface area contributed by atoms with E-state index in [4.69, 9.17) is 4.74 Å². The lowest BCUT2D eigenvalue weighted by Gasteiger charge is -2.10. The van der Waals surface area contributed by atoms with Gasteiger partial charge in [0.05, 0.1) is 4.90 Å². The zero-order valence-electron chi connectivity index (χ0n) is 17.0. The van der Waals surface area contributed by atoms with Gasteiger partial charge in [0.25, 0.3) is 0 Å². The summed E-state index contributed by atoms with van der Waals surface area (Å²) >= 11 is 0. The van der Waals surface area contributed by atoms with Gasteiger partial charge in [-0.15, -0.1) is 28.5 Å². The molecule has 0 spiro atoms. The molecular weight excluding hydrogens is 482 g/mol. The van der Waals surface area contributed by atoms with E-state index < -0.39 is 28.0 Å². The van der Waals surface area contributed by atoms with E-state index in [1.54, 1.807) is 6.07 Å². The first-order chi connectivity index (χ1) is 16.1. The molecule has 2 heterocycles. The number of sulfonamides is 1. The second kappa shape index (κ2) is 9.23. The number of hydrogen-bond acceptors (Lipinski definition) is 7. The lowest BCUT2D eigenvalue weighted by atomic mass is 10.2. The Bertz CT molecular complexity index is 1390. The van der Waals surface area contributed by atoms with Crippen molar-refractivity contribution in [2.45, 2.75) is 11.3 Å². The van der Waals surface area contributed by atoms with Gasteiger partial charge < -0.3 is 9.47 Å². The minimum absolute atomic E-state index is 0.0962. The van der Waals surface area contributed by atoms with Crippen molar-refractivity contribution in [3.8, 4) is 23.0 Å². The molecule has 0 bridgehead atoms. The molecule has 34 heavy (non-hydrogen) atoms. The number of benzene rings is 2. The predicted molar refractivity (Wildman–Crippen MR) is 110 cm³/mol. The number of alkyl halides is 3. The van der Waals surface area contributed by atoms with Gasteiger partial charge >= 0.3 is 6.36 Å². The highest BCUT2D eigenvalue weighted by Crippen LogP contribution is 2.24. The van der Waals surface area contributed by atoms with Crippen LogP contribution in [0.4, 0.5) is 17.6 Å². The van der Waals surface area contributed by atoms with Crippen LogP contribution >= 0.6 is 0 Å². The van der Waals surface area contributed by atoms with Crippen LogP contribution in [-0.4, -0.2) is 47.7 Å². The van der Waals surface area contributed by atoms with E-state index >= 15 is 0 Å². The Morgan fingerprint density at radius 3 is 2.32 bits per heavy atom. The third-order valence-electron chi connectivity index (χ3n) is 4.35. The van der Waals surface area contributed by atoms with E-state index in [1.165, 1.54) is 34.8 Å². The highest BCUT2D eigenvalue weighted by Gasteiger charge is 2.31. The number of ether oxygens (including phenoxy) is 2. The molecule has 4 rings (SSSR count). The van der Waals surface area contributed by atoms with Crippen LogP contribution in [-0.2, 0) is 10.0 Å². The van der Waals surface area contributed by atoms with Crippen LogP contribution in [0.5, 0.6) is 11.6 Å². The molecule has 0 atom stereocenters. The van der Waals surface area contributed by atoms with Crippen LogP contribution in [0, 0.1) is 5.82 Å². The molecule has 0 fully saturated rings. The van der Waals surface area contributed by atoms with E-state index in [-0.39, 0.29) is 23.9 Å². The van der Waals surface area contributed by atoms with Gasteiger partial charge in [-0.1, -0.05) is 0 Å². The number of nitrogens with one attached hydrogen (secondary N) is 1. The molecule has 178 valence electrons. The molecule has 14 heteroatoms. The average molecular weight is 497 g/mol. The van der Waals surface area contributed by atoms with Gasteiger partial charge in [-0.2, -0.15) is 4.52 Å². The maximum absolute atomic E-state index is 13.2. The Kier molecular flexibility index (Phi) is 6.34. The van der Waals surface area contributed by atoms with E-state index in [2.05, 4.69) is 24.8 Å². The predicted octanol–water partition coefficient (Wildman–Crippen LogP) is 3.19. The Balaban J connectivity index is 1.37. The summed E-state index contributed by atoms with van der Waals surface area (Å²) in [5, 5.41) is 12.3. The minimum Gasteiger partial charge on any atom is -0.475 e. The third-order valence-corrected chi connectivity index (χ3v) is 5.83. The number of halogens is 4. The summed E-state index contributed by atoms with van der Waals surface area (Å²) in [5.74, 6) is -0.421. The first kappa shape index (κ1) is 23.4. The molecule has 2 aromatic carbocycles. The van der Waals surface area contributed by atoms with Gasteiger partial charge in [0, 0.05) is 18.2 Å². The lowest BCUT2D eigenvalue weighted by Crippen LogP contribution is -2.28. The van der Waals surface area contributed by atoms with Crippen molar-refractivity contribution in [2.24, 2.45) is 0 Å². The van der Waals surface area contributed by atoms with Gasteiger partial charge in [0.2, 0.25) is 15.9 Å². The third kappa shape index (κ3) is 5.58. The molecule has 0 radical (unpaired) electrons. The van der Waals surface area contributed by atoms with Crippen molar-refractivity contribution >= 4 is 15.7 Å². The van der Waals surface area contributed by atoms with Crippen molar-refractivity contribution in [1.29, 1.82) is 0 Å². The highest BCUT2D eigenvalue weighted by molar-refractivity contribution is 7.89. The molecule has 0 aliphatic heterocycles. The average Bonchev–Trinajstić information content (AvgIpc) is 3.20. The molecule has 0 aliphatic rings. The maximum Gasteiger partial charge on any atom is 0.573 e. The summed E-state index contributed by atoms with van der Waals surface area (Å²) in [6, 6.07) is 12.5. The molecule has 1 N–H and O–H groups in total. The molecule has 0 amide bonds. The van der Waals surface area contributed by atoms with Crippen molar-refractivity contribution < 1.29 is 35.5 Å². The topological polar surface area (TPSA) is 108 Å². The Labute approximate surface area is 190 Å². The summed E-state index contributed by atoms with van der Waals surface area (Å²) in [7, 11) is -3.99. The van der Waals surface area contributed by atoms with E-state index in [9.17, 15) is 26.0 Å². The highest BCUT2D eigenvalue weighted by atomic mass is 32.2. The molecule has 9 nitrogen and oxygen atoms in total. The van der Waals surface area contributed by atoms with Gasteiger partial charge in [-0.3, -0.25) is 0 Å². The summed E-state index contributed by atoms with van der Waals surface area (Å²) in [4.78, 5) is -0.241. The number of fused-ring (bicyclic) bond motifs is 1. The zero-order chi connectivity index (χ0) is 24.3. The second-order valence-corrected chi connectivity index (χ2v) is 8.50. The van der Waals surface area contributed by atoms with Gasteiger partial charge in [0.1, 0.15) is 18.2 Å². The molecule has 4 aromatic rings. The Morgan fingerprint density at radius 2 is 1.65 bits per heavy atom. The Morgan fingerprint density at radius 1 is 0.941 bits per heavy atom. The minimum atomic E-state index is -4.88. The van der Waals surface area contributed by atoms with Crippen LogP contribution < -0.4 is 14.2 Å². The normalized spacial score (nSPS) is 12.1. The van der Waals surface area contributed by atoms with Crippen LogP contribution in [0.25, 0.3) is 17.0 Å². The van der Waals surface area contributed by atoms with Gasteiger partial charge in [0.15, 0.2) is 11.5 Å². The number of nitrogens with zero attached hydrogens (tertiary/aromatic N) is 4. The molecule has 0 saturated carbocycles. The molecule has 2 aromatic heterocycles. The fourth-order valence-electron chi connectivity index (χ4n) is 2.86. The van der Waals surface area contributed by atoms with E-state index in [1.807, 2.05) is 0 Å². The monoisotopic (exact) mass is 497 g/mol. The van der Waals surface area contributed by atoms with Crippen LogP contribution in [0.2, 0.25) is 0 Å². The van der Waals surface area contributed by atoms with E-state index in [0.29, 0.717) is 17.0 Å². The maximum atomic E-state index is 13.2. The van der Waals surface area contributed by atoms with Crippen LogP contribution in [0.1, 0.15) is 0 Å². The number of rotatable bonds is 8. The smallest absolute Gasteiger partial charge is 0.475 e. The molecule has 0 unspecified atom stereocenters. The quantitative estimate of drug-likeness (QED) is 0.294. The van der Waals surface area contributed by atoms with Crippen molar-refractivity contribution in [1.82, 2.24) is 24.5 Å². The second-order valence-electron chi connectivity index (χ2n) is 6.74. The van der Waals surface area contributed by atoms with E-state index in [0.717, 1.165) is 24.3 Å². The van der Waals surface area contributed by atoms with Crippen molar-refractivity contribution in [3.05, 3.63) is 66.5 Å². The standard InChI is InChI=1S/C20H15F4N5O4S/c21-14-3-1-13(2-4-14)19-27-26-17-9-10-18(28-29(17)19)32-12-11-25-34(30,31)16-7-5-15(6-8-16)33-20(22,23)24/h1-10,25H,11-12H2. The number of aromatic nitrogens is 4. The van der Waals surface area contributed by atoms with Gasteiger partial charge in [-0.05, 0) is 54.6 Å². The van der Waals surface area contributed by atoms with Crippen LogP contribution in [0.15, 0.2) is 65.6 Å².